The lowest BCUT2D eigenvalue weighted by Crippen LogP contribution is -2.17. The Balaban J connectivity index is 2.00. The van der Waals surface area contributed by atoms with Gasteiger partial charge in [-0.25, -0.2) is 0 Å². The van der Waals surface area contributed by atoms with Crippen LogP contribution in [-0.4, -0.2) is 16.1 Å². The maximum Gasteiger partial charge on any atom is 0.229 e. The highest BCUT2D eigenvalue weighted by molar-refractivity contribution is 5.95. The summed E-state index contributed by atoms with van der Waals surface area (Å²) in [6, 6.07) is 1.92. The van der Waals surface area contributed by atoms with Crippen molar-refractivity contribution < 1.29 is 4.79 Å². The summed E-state index contributed by atoms with van der Waals surface area (Å²) in [6.45, 7) is 10.7. The van der Waals surface area contributed by atoms with Crippen LogP contribution in [-0.2, 0) is 11.2 Å². The molecule has 4 heteroatoms. The number of hydrogen-bond donors (Lipinski definition) is 2. The number of H-pyrrole nitrogens is 1. The van der Waals surface area contributed by atoms with Crippen molar-refractivity contribution in [3.05, 3.63) is 11.8 Å². The van der Waals surface area contributed by atoms with Crippen molar-refractivity contribution in [3.63, 3.8) is 0 Å². The lowest BCUT2D eigenvalue weighted by molar-refractivity contribution is -0.118. The number of hydrogen-bond acceptors (Lipinski definition) is 2. The van der Waals surface area contributed by atoms with Crippen LogP contribution in [0, 0.1) is 16.7 Å². The molecule has 1 aromatic heterocycles. The Bertz CT molecular complexity index is 445. The molecule has 1 aliphatic rings. The number of amides is 1. The molecule has 2 N–H and O–H groups in total. The molecule has 2 rings (SSSR count). The van der Waals surface area contributed by atoms with E-state index in [1.807, 2.05) is 6.07 Å². The second-order valence-electron chi connectivity index (χ2n) is 6.39. The minimum atomic E-state index is 0.0660. The molecular formula is C14H23N3O. The van der Waals surface area contributed by atoms with E-state index in [2.05, 4.69) is 50.1 Å². The molecule has 0 radical (unpaired) electrons. The van der Waals surface area contributed by atoms with Crippen molar-refractivity contribution in [3.8, 4) is 0 Å². The Morgan fingerprint density at radius 3 is 2.50 bits per heavy atom. The minimum Gasteiger partial charge on any atom is -0.309 e. The summed E-state index contributed by atoms with van der Waals surface area (Å²) in [5.41, 5.74) is 1.21. The van der Waals surface area contributed by atoms with Gasteiger partial charge in [0.2, 0.25) is 5.91 Å². The van der Waals surface area contributed by atoms with E-state index in [0.29, 0.717) is 5.82 Å². The highest BCUT2D eigenvalue weighted by atomic mass is 16.2. The molecule has 0 unspecified atom stereocenters. The van der Waals surface area contributed by atoms with Crippen molar-refractivity contribution in [1.82, 2.24) is 10.2 Å². The van der Waals surface area contributed by atoms with Gasteiger partial charge in [0.1, 0.15) is 0 Å². The Kier molecular flexibility index (Phi) is 2.99. The number of aryl methyl sites for hydroxylation is 1. The summed E-state index contributed by atoms with van der Waals surface area (Å²) in [5.74, 6) is 0.790. The van der Waals surface area contributed by atoms with Crippen LogP contribution in [0.1, 0.15) is 46.7 Å². The van der Waals surface area contributed by atoms with Crippen molar-refractivity contribution in [1.29, 1.82) is 0 Å². The van der Waals surface area contributed by atoms with Crippen LogP contribution in [0.25, 0.3) is 0 Å². The lowest BCUT2D eigenvalue weighted by Gasteiger charge is -2.03. The molecule has 4 nitrogen and oxygen atoms in total. The number of carbonyl (C=O) groups excluding carboxylic acids is 1. The highest BCUT2D eigenvalue weighted by Gasteiger charge is 2.68. The van der Waals surface area contributed by atoms with Gasteiger partial charge in [0.05, 0.1) is 0 Å². The Morgan fingerprint density at radius 1 is 1.39 bits per heavy atom. The predicted molar refractivity (Wildman–Crippen MR) is 72.3 cm³/mol. The molecule has 0 aromatic carbocycles. The quantitative estimate of drug-likeness (QED) is 0.861. The van der Waals surface area contributed by atoms with Crippen LogP contribution in [0.15, 0.2) is 6.07 Å². The largest absolute Gasteiger partial charge is 0.309 e. The smallest absolute Gasteiger partial charge is 0.229 e. The Labute approximate surface area is 109 Å². The number of aromatic amines is 1. The second kappa shape index (κ2) is 4.11. The molecule has 0 saturated heterocycles. The van der Waals surface area contributed by atoms with Gasteiger partial charge in [-0.05, 0) is 17.3 Å². The van der Waals surface area contributed by atoms with E-state index in [4.69, 9.17) is 0 Å². The molecule has 0 atom stereocenters. The lowest BCUT2D eigenvalue weighted by atomic mass is 10.0. The second-order valence-corrected chi connectivity index (χ2v) is 6.39. The average molecular weight is 249 g/mol. The molecule has 1 saturated carbocycles. The number of nitrogens with one attached hydrogen (secondary N) is 2. The molecule has 1 heterocycles. The molecule has 100 valence electrons. The number of rotatable bonds is 4. The van der Waals surface area contributed by atoms with Gasteiger partial charge in [-0.1, -0.05) is 41.0 Å². The third kappa shape index (κ3) is 1.93. The van der Waals surface area contributed by atoms with Crippen molar-refractivity contribution in [2.75, 3.05) is 5.32 Å². The van der Waals surface area contributed by atoms with E-state index in [0.717, 1.165) is 18.5 Å². The maximum atomic E-state index is 12.2. The van der Waals surface area contributed by atoms with E-state index in [1.54, 1.807) is 0 Å². The normalized spacial score (nSPS) is 20.7. The zero-order chi connectivity index (χ0) is 13.6. The number of nitrogens with zero attached hydrogens (tertiary/aromatic N) is 1. The number of anilines is 1. The van der Waals surface area contributed by atoms with Crippen LogP contribution in [0.5, 0.6) is 0 Å². The van der Waals surface area contributed by atoms with Crippen LogP contribution in [0.4, 0.5) is 5.82 Å². The summed E-state index contributed by atoms with van der Waals surface area (Å²) in [4.78, 5) is 12.2. The standard InChI is InChI=1S/C14H23N3O/c1-6-7-9-8-10(17-16-9)15-12(18)11-13(2,3)14(11,4)5/h8,11H,6-7H2,1-5H3,(H2,15,16,17,18). The summed E-state index contributed by atoms with van der Waals surface area (Å²) in [5, 5.41) is 9.98. The average Bonchev–Trinajstić information content (AvgIpc) is 2.59. The number of carbonyl (C=O) groups is 1. The third-order valence-corrected chi connectivity index (χ3v) is 4.68. The summed E-state index contributed by atoms with van der Waals surface area (Å²) >= 11 is 0. The van der Waals surface area contributed by atoms with E-state index in [1.165, 1.54) is 0 Å². The van der Waals surface area contributed by atoms with E-state index in [-0.39, 0.29) is 22.7 Å². The molecule has 0 spiro atoms. The van der Waals surface area contributed by atoms with Crippen molar-refractivity contribution in [2.24, 2.45) is 16.7 Å². The van der Waals surface area contributed by atoms with Crippen LogP contribution >= 0.6 is 0 Å². The SMILES string of the molecule is CCCc1cc(NC(=O)C2C(C)(C)C2(C)C)n[nH]1. The maximum absolute atomic E-state index is 12.2. The predicted octanol–water partition coefficient (Wildman–Crippen LogP) is 2.98. The first-order valence-corrected chi connectivity index (χ1v) is 6.66. The van der Waals surface area contributed by atoms with Crippen LogP contribution in [0.2, 0.25) is 0 Å². The fraction of sp³-hybridized carbons (Fsp3) is 0.714. The van der Waals surface area contributed by atoms with Gasteiger partial charge in [0.15, 0.2) is 5.82 Å². The third-order valence-electron chi connectivity index (χ3n) is 4.68. The summed E-state index contributed by atoms with van der Waals surface area (Å²) < 4.78 is 0. The molecule has 1 aromatic rings. The first kappa shape index (κ1) is 13.1. The van der Waals surface area contributed by atoms with Crippen molar-refractivity contribution >= 4 is 11.7 Å². The molecule has 1 amide bonds. The van der Waals surface area contributed by atoms with Crippen molar-refractivity contribution in [2.45, 2.75) is 47.5 Å². The first-order chi connectivity index (χ1) is 8.30. The highest BCUT2D eigenvalue weighted by Crippen LogP contribution is 2.68. The van der Waals surface area contributed by atoms with E-state index in [9.17, 15) is 4.79 Å². The first-order valence-electron chi connectivity index (χ1n) is 6.66. The fourth-order valence-corrected chi connectivity index (χ4v) is 2.87. The molecule has 0 bridgehead atoms. The van der Waals surface area contributed by atoms with Crippen LogP contribution in [0.3, 0.4) is 0 Å². The zero-order valence-corrected chi connectivity index (χ0v) is 11.9. The molecule has 1 fully saturated rings. The molecule has 0 aliphatic heterocycles. The minimum absolute atomic E-state index is 0.0660. The van der Waals surface area contributed by atoms with Crippen LogP contribution < -0.4 is 5.32 Å². The van der Waals surface area contributed by atoms with Gasteiger partial charge in [-0.3, -0.25) is 9.89 Å². The summed E-state index contributed by atoms with van der Waals surface area (Å²) in [7, 11) is 0. The topological polar surface area (TPSA) is 57.8 Å². The van der Waals surface area contributed by atoms with Gasteiger partial charge >= 0.3 is 0 Å². The Hall–Kier alpha value is -1.32. The van der Waals surface area contributed by atoms with Gasteiger partial charge in [-0.15, -0.1) is 0 Å². The van der Waals surface area contributed by atoms with Gasteiger partial charge in [0.25, 0.3) is 0 Å². The van der Waals surface area contributed by atoms with Gasteiger partial charge in [-0.2, -0.15) is 5.10 Å². The number of aromatic nitrogens is 2. The molecule has 18 heavy (non-hydrogen) atoms. The summed E-state index contributed by atoms with van der Waals surface area (Å²) in [6.07, 6.45) is 2.03. The molecule has 1 aliphatic carbocycles. The van der Waals surface area contributed by atoms with E-state index < -0.39 is 0 Å². The Morgan fingerprint density at radius 2 is 2.00 bits per heavy atom. The van der Waals surface area contributed by atoms with Gasteiger partial charge < -0.3 is 5.32 Å². The van der Waals surface area contributed by atoms with E-state index >= 15 is 0 Å². The zero-order valence-electron chi connectivity index (χ0n) is 11.9. The van der Waals surface area contributed by atoms with Gasteiger partial charge in [0, 0.05) is 17.7 Å². The monoisotopic (exact) mass is 249 g/mol. The fourth-order valence-electron chi connectivity index (χ4n) is 2.87. The molecular weight excluding hydrogens is 226 g/mol.